The quantitative estimate of drug-likeness (QED) is 0.850. The van der Waals surface area contributed by atoms with E-state index in [1.807, 2.05) is 6.07 Å². The monoisotopic (exact) mass is 375 g/mol. The summed E-state index contributed by atoms with van der Waals surface area (Å²) in [5.74, 6) is 0.708. The van der Waals surface area contributed by atoms with Gasteiger partial charge in [0.25, 0.3) is 0 Å². The number of carbonyl (C=O) groups is 1. The van der Waals surface area contributed by atoms with Crippen molar-refractivity contribution in [2.75, 3.05) is 20.3 Å². The number of benzene rings is 1. The first kappa shape index (κ1) is 18.9. The van der Waals surface area contributed by atoms with Crippen LogP contribution in [0.1, 0.15) is 51.2 Å². The Labute approximate surface area is 160 Å². The van der Waals surface area contributed by atoms with E-state index in [1.54, 1.807) is 19.2 Å². The predicted octanol–water partition coefficient (Wildman–Crippen LogP) is 3.86. The number of nitrogens with one attached hydrogen (secondary N) is 1. The molecule has 2 bridgehead atoms. The molecule has 1 amide bonds. The Morgan fingerprint density at radius 3 is 2.96 bits per heavy atom. The van der Waals surface area contributed by atoms with Gasteiger partial charge in [0, 0.05) is 26.2 Å². The fourth-order valence-electron chi connectivity index (χ4n) is 6.23. The third-order valence-corrected chi connectivity index (χ3v) is 7.52. The molecule has 5 heteroatoms. The van der Waals surface area contributed by atoms with Gasteiger partial charge in [-0.1, -0.05) is 26.0 Å². The first-order valence-electron chi connectivity index (χ1n) is 10.0. The third-order valence-electron chi connectivity index (χ3n) is 7.52. The minimum Gasteiger partial charge on any atom is -0.384 e. The van der Waals surface area contributed by atoms with E-state index in [0.29, 0.717) is 31.5 Å². The molecule has 1 aromatic carbocycles. The van der Waals surface area contributed by atoms with Gasteiger partial charge >= 0.3 is 0 Å². The van der Waals surface area contributed by atoms with Crippen molar-refractivity contribution >= 4 is 5.91 Å². The molecule has 4 nitrogen and oxygen atoms in total. The van der Waals surface area contributed by atoms with Crippen molar-refractivity contribution in [3.05, 3.63) is 35.6 Å². The van der Waals surface area contributed by atoms with E-state index in [9.17, 15) is 9.18 Å². The van der Waals surface area contributed by atoms with E-state index in [2.05, 4.69) is 19.2 Å². The second-order valence-corrected chi connectivity index (χ2v) is 9.14. The number of fused-ring (bicyclic) bond motifs is 1. The van der Waals surface area contributed by atoms with Gasteiger partial charge in [0.2, 0.25) is 5.91 Å². The number of amides is 1. The maximum Gasteiger partial charge on any atom is 0.222 e. The molecule has 5 atom stereocenters. The second-order valence-electron chi connectivity index (χ2n) is 9.14. The highest BCUT2D eigenvalue weighted by Crippen LogP contribution is 2.70. The van der Waals surface area contributed by atoms with Crippen LogP contribution in [0.4, 0.5) is 4.39 Å². The van der Waals surface area contributed by atoms with Gasteiger partial charge < -0.3 is 14.8 Å². The number of halogens is 1. The fraction of sp³-hybridized carbons (Fsp3) is 0.682. The molecule has 2 saturated carbocycles. The average Bonchev–Trinajstić information content (AvgIpc) is 3.12. The molecule has 0 unspecified atom stereocenters. The van der Waals surface area contributed by atoms with Gasteiger partial charge in [-0.05, 0) is 59.6 Å². The zero-order valence-corrected chi connectivity index (χ0v) is 16.5. The summed E-state index contributed by atoms with van der Waals surface area (Å²) < 4.78 is 25.1. The fourth-order valence-corrected chi connectivity index (χ4v) is 6.23. The van der Waals surface area contributed by atoms with E-state index >= 15 is 0 Å². The van der Waals surface area contributed by atoms with Gasteiger partial charge in [0.15, 0.2) is 0 Å². The van der Waals surface area contributed by atoms with Crippen LogP contribution in [-0.4, -0.2) is 32.3 Å². The number of carbonyl (C=O) groups excluding carboxylic acids is 1. The van der Waals surface area contributed by atoms with Crippen molar-refractivity contribution in [2.24, 2.45) is 22.7 Å². The van der Waals surface area contributed by atoms with E-state index in [0.717, 1.165) is 24.8 Å². The molecule has 0 aromatic heterocycles. The van der Waals surface area contributed by atoms with Gasteiger partial charge in [-0.15, -0.1) is 0 Å². The molecule has 3 aliphatic rings. The van der Waals surface area contributed by atoms with Gasteiger partial charge in [0.1, 0.15) is 5.82 Å². The van der Waals surface area contributed by atoms with E-state index in [4.69, 9.17) is 9.47 Å². The largest absolute Gasteiger partial charge is 0.384 e. The Kier molecular flexibility index (Phi) is 4.79. The van der Waals surface area contributed by atoms with Gasteiger partial charge in [-0.2, -0.15) is 0 Å². The maximum atomic E-state index is 13.8. The lowest BCUT2D eigenvalue weighted by Crippen LogP contribution is -2.59. The lowest BCUT2D eigenvalue weighted by molar-refractivity contribution is -0.137. The molecule has 1 aromatic rings. The topological polar surface area (TPSA) is 47.6 Å². The van der Waals surface area contributed by atoms with Crippen LogP contribution in [0.25, 0.3) is 0 Å². The zero-order valence-electron chi connectivity index (χ0n) is 16.5. The molecule has 1 heterocycles. The predicted molar refractivity (Wildman–Crippen MR) is 101 cm³/mol. The van der Waals surface area contributed by atoms with Crippen LogP contribution < -0.4 is 5.32 Å². The van der Waals surface area contributed by atoms with Gasteiger partial charge in [0.05, 0.1) is 12.7 Å². The minimum absolute atomic E-state index is 0.0339. The molecule has 1 spiro atoms. The highest BCUT2D eigenvalue weighted by atomic mass is 19.1. The Morgan fingerprint density at radius 1 is 1.41 bits per heavy atom. The molecule has 4 rings (SSSR count). The molecule has 148 valence electrons. The van der Waals surface area contributed by atoms with Crippen LogP contribution in [0, 0.1) is 28.5 Å². The number of hydrogen-bond acceptors (Lipinski definition) is 3. The van der Waals surface area contributed by atoms with Crippen LogP contribution in [-0.2, 0) is 14.3 Å². The number of ether oxygens (including phenoxy) is 2. The van der Waals surface area contributed by atoms with Crippen molar-refractivity contribution in [2.45, 2.75) is 51.7 Å². The van der Waals surface area contributed by atoms with Crippen molar-refractivity contribution < 1.29 is 18.7 Å². The van der Waals surface area contributed by atoms with E-state index < -0.39 is 0 Å². The summed E-state index contributed by atoms with van der Waals surface area (Å²) in [6.45, 7) is 5.67. The van der Waals surface area contributed by atoms with Crippen LogP contribution in [0.2, 0.25) is 0 Å². The second kappa shape index (κ2) is 6.85. The summed E-state index contributed by atoms with van der Waals surface area (Å²) in [4.78, 5) is 12.5. The van der Waals surface area contributed by atoms with Crippen molar-refractivity contribution in [1.82, 2.24) is 5.32 Å². The van der Waals surface area contributed by atoms with Crippen LogP contribution in [0.15, 0.2) is 24.3 Å². The Hall–Kier alpha value is -1.46. The van der Waals surface area contributed by atoms with Crippen LogP contribution >= 0.6 is 0 Å². The van der Waals surface area contributed by atoms with Gasteiger partial charge in [-0.3, -0.25) is 4.79 Å². The van der Waals surface area contributed by atoms with Crippen LogP contribution in [0.5, 0.6) is 0 Å². The summed E-state index contributed by atoms with van der Waals surface area (Å²) >= 11 is 0. The summed E-state index contributed by atoms with van der Waals surface area (Å²) in [7, 11) is 1.62. The first-order chi connectivity index (χ1) is 12.9. The standard InChI is InChI=1S/C22H30FNO3/c1-21(2)15-12-17-19(14-5-4-6-16(23)11-14)27-10-8-22(17,13-15)20(21)24-18(25)7-9-26-3/h4-6,11,15,17,19-20H,7-10,12-13H2,1-3H3,(H,24,25)/t15-,17-,19-,20+,22-/m1/s1. The van der Waals surface area contributed by atoms with Crippen molar-refractivity contribution in [1.29, 1.82) is 0 Å². The maximum absolute atomic E-state index is 13.8. The normalized spacial score (nSPS) is 36.4. The highest BCUT2D eigenvalue weighted by molar-refractivity contribution is 5.76. The number of rotatable bonds is 5. The van der Waals surface area contributed by atoms with Crippen molar-refractivity contribution in [3.8, 4) is 0 Å². The third kappa shape index (κ3) is 2.99. The average molecular weight is 375 g/mol. The van der Waals surface area contributed by atoms with Gasteiger partial charge in [-0.25, -0.2) is 4.39 Å². The zero-order chi connectivity index (χ0) is 19.2. The molecule has 1 N–H and O–H groups in total. The molecule has 27 heavy (non-hydrogen) atoms. The highest BCUT2D eigenvalue weighted by Gasteiger charge is 2.68. The molecule has 3 fully saturated rings. The van der Waals surface area contributed by atoms with Crippen LogP contribution in [0.3, 0.4) is 0 Å². The van der Waals surface area contributed by atoms with E-state index in [-0.39, 0.29) is 34.7 Å². The molecule has 1 aliphatic heterocycles. The minimum atomic E-state index is -0.219. The lowest BCUT2D eigenvalue weighted by Gasteiger charge is -2.53. The molecule has 1 saturated heterocycles. The SMILES string of the molecule is COCCC(=O)N[C@H]1C(C)(C)[C@@H]2C[C@@H]3[C@@H](c4cccc(F)c4)OCC[C@@]31C2. The summed E-state index contributed by atoms with van der Waals surface area (Å²) in [5, 5.41) is 3.36. The summed E-state index contributed by atoms with van der Waals surface area (Å²) in [6.07, 6.45) is 3.46. The van der Waals surface area contributed by atoms with Crippen molar-refractivity contribution in [3.63, 3.8) is 0 Å². The molecular formula is C22H30FNO3. The summed E-state index contributed by atoms with van der Waals surface area (Å²) in [5.41, 5.74) is 1.02. The molecule has 2 aliphatic carbocycles. The summed E-state index contributed by atoms with van der Waals surface area (Å²) in [6, 6.07) is 6.93. The van der Waals surface area contributed by atoms with E-state index in [1.165, 1.54) is 6.07 Å². The lowest BCUT2D eigenvalue weighted by atomic mass is 9.59. The number of hydrogen-bond donors (Lipinski definition) is 1. The smallest absolute Gasteiger partial charge is 0.222 e. The number of methoxy groups -OCH3 is 1. The Morgan fingerprint density at radius 2 is 2.22 bits per heavy atom. The Bertz CT molecular complexity index is 721. The molecule has 0 radical (unpaired) electrons. The first-order valence-corrected chi connectivity index (χ1v) is 10.0. The molecular weight excluding hydrogens is 345 g/mol. The Balaban J connectivity index is 1.63.